The summed E-state index contributed by atoms with van der Waals surface area (Å²) in [4.78, 5) is 22.9. The van der Waals surface area contributed by atoms with Gasteiger partial charge >= 0.3 is 5.97 Å². The highest BCUT2D eigenvalue weighted by Crippen LogP contribution is 2.25. The van der Waals surface area contributed by atoms with Crippen molar-refractivity contribution in [3.63, 3.8) is 0 Å². The van der Waals surface area contributed by atoms with Crippen molar-refractivity contribution in [3.8, 4) is 0 Å². The highest BCUT2D eigenvalue weighted by molar-refractivity contribution is 5.93. The molecule has 108 valence electrons. The maximum absolute atomic E-state index is 12.2. The van der Waals surface area contributed by atoms with Crippen LogP contribution in [0.15, 0.2) is 24.3 Å². The van der Waals surface area contributed by atoms with E-state index in [2.05, 4.69) is 5.32 Å². The first-order valence-corrected chi connectivity index (χ1v) is 6.83. The average Bonchev–Trinajstić information content (AvgIpc) is 2.86. The van der Waals surface area contributed by atoms with Crippen LogP contribution in [0.3, 0.4) is 0 Å². The van der Waals surface area contributed by atoms with Gasteiger partial charge in [0.25, 0.3) is 0 Å². The van der Waals surface area contributed by atoms with Crippen LogP contribution in [0.1, 0.15) is 25.3 Å². The Balaban J connectivity index is 2.02. The Kier molecular flexibility index (Phi) is 4.74. The summed E-state index contributed by atoms with van der Waals surface area (Å²) in [6.45, 7) is 2.62. The minimum atomic E-state index is -0.885. The predicted octanol–water partition coefficient (Wildman–Crippen LogP) is 2.07. The van der Waals surface area contributed by atoms with Crippen LogP contribution in [0.4, 0.5) is 5.69 Å². The van der Waals surface area contributed by atoms with Gasteiger partial charge in [0.1, 0.15) is 0 Å². The van der Waals surface area contributed by atoms with E-state index < -0.39 is 5.97 Å². The lowest BCUT2D eigenvalue weighted by Gasteiger charge is -2.16. The maximum Gasteiger partial charge on any atom is 0.307 e. The van der Waals surface area contributed by atoms with Gasteiger partial charge in [-0.15, -0.1) is 0 Å². The van der Waals surface area contributed by atoms with Gasteiger partial charge in [0.05, 0.1) is 18.4 Å². The quantitative estimate of drug-likeness (QED) is 0.864. The molecule has 2 N–H and O–H groups in total. The van der Waals surface area contributed by atoms with Crippen molar-refractivity contribution in [2.75, 3.05) is 11.9 Å². The fraction of sp³-hybridized carbons (Fsp3) is 0.467. The summed E-state index contributed by atoms with van der Waals surface area (Å²) in [5.41, 5.74) is 1.31. The number of hydrogen-bond acceptors (Lipinski definition) is 3. The Morgan fingerprint density at radius 3 is 2.95 bits per heavy atom. The van der Waals surface area contributed by atoms with E-state index in [0.717, 1.165) is 12.8 Å². The number of carboxylic acids is 1. The van der Waals surface area contributed by atoms with Gasteiger partial charge in [0, 0.05) is 12.3 Å². The number of ether oxygens (including phenoxy) is 1. The van der Waals surface area contributed by atoms with Crippen molar-refractivity contribution in [2.45, 2.75) is 32.3 Å². The van der Waals surface area contributed by atoms with Gasteiger partial charge in [-0.25, -0.2) is 0 Å². The van der Waals surface area contributed by atoms with E-state index in [1.807, 2.05) is 6.92 Å². The van der Waals surface area contributed by atoms with Crippen LogP contribution >= 0.6 is 0 Å². The fourth-order valence-corrected chi connectivity index (χ4v) is 2.52. The zero-order valence-corrected chi connectivity index (χ0v) is 11.5. The van der Waals surface area contributed by atoms with Crippen LogP contribution in [-0.4, -0.2) is 29.7 Å². The fourth-order valence-electron chi connectivity index (χ4n) is 2.52. The third-order valence-electron chi connectivity index (χ3n) is 3.50. The summed E-state index contributed by atoms with van der Waals surface area (Å²) < 4.78 is 5.51. The zero-order valence-electron chi connectivity index (χ0n) is 11.5. The maximum atomic E-state index is 12.2. The van der Waals surface area contributed by atoms with E-state index in [0.29, 0.717) is 17.9 Å². The normalized spacial score (nSPS) is 21.6. The second-order valence-electron chi connectivity index (χ2n) is 4.97. The van der Waals surface area contributed by atoms with Gasteiger partial charge in [-0.1, -0.05) is 19.1 Å². The Labute approximate surface area is 117 Å². The number of carboxylic acid groups (broad SMARTS) is 1. The predicted molar refractivity (Wildman–Crippen MR) is 74.5 cm³/mol. The van der Waals surface area contributed by atoms with E-state index in [1.54, 1.807) is 24.3 Å². The van der Waals surface area contributed by atoms with E-state index in [9.17, 15) is 9.59 Å². The molecule has 2 rings (SSSR count). The smallest absolute Gasteiger partial charge is 0.307 e. The van der Waals surface area contributed by atoms with E-state index in [4.69, 9.17) is 9.84 Å². The zero-order chi connectivity index (χ0) is 14.5. The molecular formula is C15H19NO4. The summed E-state index contributed by atoms with van der Waals surface area (Å²) in [6, 6.07) is 6.94. The van der Waals surface area contributed by atoms with Crippen LogP contribution in [0.25, 0.3) is 0 Å². The van der Waals surface area contributed by atoms with Gasteiger partial charge in [0.15, 0.2) is 0 Å². The molecule has 1 aromatic carbocycles. The lowest BCUT2D eigenvalue weighted by Crippen LogP contribution is -2.29. The lowest BCUT2D eigenvalue weighted by atomic mass is 9.98. The molecule has 1 heterocycles. The van der Waals surface area contributed by atoms with Crippen molar-refractivity contribution >= 4 is 17.6 Å². The first-order valence-electron chi connectivity index (χ1n) is 6.83. The average molecular weight is 277 g/mol. The third kappa shape index (κ3) is 3.57. The standard InChI is InChI=1S/C15H19NO4/c1-2-13-12(6-7-20-13)15(19)16-11-5-3-4-10(8-11)9-14(17)18/h3-5,8,12-13H,2,6-7,9H2,1H3,(H,16,19)(H,17,18). The van der Waals surface area contributed by atoms with E-state index in [-0.39, 0.29) is 24.3 Å². The Morgan fingerprint density at radius 2 is 2.25 bits per heavy atom. The lowest BCUT2D eigenvalue weighted by molar-refractivity contribution is -0.136. The molecule has 0 saturated carbocycles. The monoisotopic (exact) mass is 277 g/mol. The molecule has 1 amide bonds. The third-order valence-corrected chi connectivity index (χ3v) is 3.50. The summed E-state index contributed by atoms with van der Waals surface area (Å²) in [6.07, 6.45) is 1.49. The Bertz CT molecular complexity index is 500. The number of nitrogens with one attached hydrogen (secondary N) is 1. The van der Waals surface area contributed by atoms with Crippen molar-refractivity contribution in [3.05, 3.63) is 29.8 Å². The minimum Gasteiger partial charge on any atom is -0.481 e. The number of hydrogen-bond donors (Lipinski definition) is 2. The van der Waals surface area contributed by atoms with Crippen LogP contribution in [0.2, 0.25) is 0 Å². The topological polar surface area (TPSA) is 75.6 Å². The summed E-state index contributed by atoms with van der Waals surface area (Å²) in [5.74, 6) is -1.06. The molecule has 2 unspecified atom stereocenters. The number of carbonyl (C=O) groups is 2. The highest BCUT2D eigenvalue weighted by Gasteiger charge is 2.32. The highest BCUT2D eigenvalue weighted by atomic mass is 16.5. The largest absolute Gasteiger partial charge is 0.481 e. The van der Waals surface area contributed by atoms with Crippen molar-refractivity contribution in [1.29, 1.82) is 0 Å². The molecule has 5 heteroatoms. The molecule has 0 aliphatic carbocycles. The summed E-state index contributed by atoms with van der Waals surface area (Å²) in [5, 5.41) is 11.6. The Hall–Kier alpha value is -1.88. The van der Waals surface area contributed by atoms with Gasteiger partial charge in [0.2, 0.25) is 5.91 Å². The molecule has 5 nitrogen and oxygen atoms in total. The van der Waals surface area contributed by atoms with Crippen molar-refractivity contribution < 1.29 is 19.4 Å². The number of amides is 1. The summed E-state index contributed by atoms with van der Waals surface area (Å²) in [7, 11) is 0. The molecule has 1 aromatic rings. The number of aliphatic carboxylic acids is 1. The number of benzene rings is 1. The molecular weight excluding hydrogens is 258 g/mol. The molecule has 0 radical (unpaired) electrons. The van der Waals surface area contributed by atoms with Crippen LogP contribution < -0.4 is 5.32 Å². The van der Waals surface area contributed by atoms with Crippen molar-refractivity contribution in [2.24, 2.45) is 5.92 Å². The second-order valence-corrected chi connectivity index (χ2v) is 4.97. The molecule has 1 fully saturated rings. The first kappa shape index (κ1) is 14.5. The number of carbonyl (C=O) groups excluding carboxylic acids is 1. The molecule has 0 bridgehead atoms. The molecule has 1 aliphatic rings. The van der Waals surface area contributed by atoms with Crippen molar-refractivity contribution in [1.82, 2.24) is 0 Å². The first-order chi connectivity index (χ1) is 9.60. The molecule has 0 aromatic heterocycles. The molecule has 1 aliphatic heterocycles. The van der Waals surface area contributed by atoms with Crippen LogP contribution in [-0.2, 0) is 20.7 Å². The van der Waals surface area contributed by atoms with E-state index in [1.165, 1.54) is 0 Å². The molecule has 20 heavy (non-hydrogen) atoms. The van der Waals surface area contributed by atoms with Gasteiger partial charge < -0.3 is 15.2 Å². The van der Waals surface area contributed by atoms with Gasteiger partial charge in [-0.3, -0.25) is 9.59 Å². The number of rotatable bonds is 5. The second kappa shape index (κ2) is 6.52. The van der Waals surface area contributed by atoms with E-state index >= 15 is 0 Å². The molecule has 2 atom stereocenters. The number of anilines is 1. The minimum absolute atomic E-state index is 0.0165. The van der Waals surface area contributed by atoms with Crippen LogP contribution in [0, 0.1) is 5.92 Å². The summed E-state index contributed by atoms with van der Waals surface area (Å²) >= 11 is 0. The van der Waals surface area contributed by atoms with Gasteiger partial charge in [-0.05, 0) is 30.5 Å². The van der Waals surface area contributed by atoms with Crippen LogP contribution in [0.5, 0.6) is 0 Å². The molecule has 0 spiro atoms. The Morgan fingerprint density at radius 1 is 1.45 bits per heavy atom. The SMILES string of the molecule is CCC1OCCC1C(=O)Nc1cccc(CC(=O)O)c1. The molecule has 1 saturated heterocycles. The van der Waals surface area contributed by atoms with Gasteiger partial charge in [-0.2, -0.15) is 0 Å².